The summed E-state index contributed by atoms with van der Waals surface area (Å²) in [6.45, 7) is 8.12. The zero-order chi connectivity index (χ0) is 13.1. The Morgan fingerprint density at radius 1 is 1.33 bits per heavy atom. The van der Waals surface area contributed by atoms with Crippen molar-refractivity contribution in [2.24, 2.45) is 0 Å². The van der Waals surface area contributed by atoms with Crippen molar-refractivity contribution in [3.05, 3.63) is 34.9 Å². The van der Waals surface area contributed by atoms with Gasteiger partial charge in [-0.2, -0.15) is 0 Å². The zero-order valence-electron chi connectivity index (χ0n) is 11.7. The summed E-state index contributed by atoms with van der Waals surface area (Å²) < 4.78 is 0. The lowest BCUT2D eigenvalue weighted by Gasteiger charge is -2.24. The highest BCUT2D eigenvalue weighted by Crippen LogP contribution is 2.23. The van der Waals surface area contributed by atoms with Crippen LogP contribution in [0.2, 0.25) is 0 Å². The van der Waals surface area contributed by atoms with E-state index in [-0.39, 0.29) is 0 Å². The first kappa shape index (κ1) is 13.3. The van der Waals surface area contributed by atoms with Gasteiger partial charge in [0.05, 0.1) is 0 Å². The van der Waals surface area contributed by atoms with Crippen LogP contribution >= 0.6 is 0 Å². The smallest absolute Gasteiger partial charge is 0.131 e. The highest BCUT2D eigenvalue weighted by atomic mass is 16.1. The Morgan fingerprint density at radius 3 is 2.78 bits per heavy atom. The number of ketones is 1. The first-order valence-electron chi connectivity index (χ1n) is 6.86. The molecule has 1 heterocycles. The predicted octanol–water partition coefficient (Wildman–Crippen LogP) is 3.25. The molecule has 0 radical (unpaired) electrons. The average Bonchev–Trinajstić information content (AvgIpc) is 2.70. The van der Waals surface area contributed by atoms with Gasteiger partial charge in [-0.05, 0) is 56.8 Å². The molecule has 0 bridgehead atoms. The number of likely N-dealkylation sites (tertiary alicyclic amines) is 1. The first-order valence-corrected chi connectivity index (χ1v) is 6.86. The van der Waals surface area contributed by atoms with Crippen LogP contribution in [0.25, 0.3) is 0 Å². The zero-order valence-corrected chi connectivity index (χ0v) is 11.7. The number of Topliss-reactive ketones (excluding diaryl/α,β-unsaturated/α-hetero) is 1. The minimum atomic E-state index is 0.312. The lowest BCUT2D eigenvalue weighted by Crippen LogP contribution is -2.30. The molecule has 1 atom stereocenters. The molecule has 1 aliphatic heterocycles. The molecule has 1 unspecified atom stereocenters. The van der Waals surface area contributed by atoms with Crippen molar-refractivity contribution in [2.75, 3.05) is 6.54 Å². The Balaban J connectivity index is 2.03. The summed E-state index contributed by atoms with van der Waals surface area (Å²) in [6, 6.07) is 7.15. The molecule has 1 saturated heterocycles. The number of aryl methyl sites for hydroxylation is 2. The largest absolute Gasteiger partial charge is 0.300 e. The minimum Gasteiger partial charge on any atom is -0.300 e. The van der Waals surface area contributed by atoms with Crippen LogP contribution in [0.3, 0.4) is 0 Å². The molecule has 0 aromatic heterocycles. The molecule has 1 aromatic rings. The van der Waals surface area contributed by atoms with Gasteiger partial charge in [0, 0.05) is 19.0 Å². The molecule has 0 amide bonds. The third kappa shape index (κ3) is 3.20. The van der Waals surface area contributed by atoms with Crippen molar-refractivity contribution >= 4 is 5.78 Å². The Morgan fingerprint density at radius 2 is 2.11 bits per heavy atom. The van der Waals surface area contributed by atoms with Crippen molar-refractivity contribution in [1.82, 2.24) is 4.90 Å². The van der Waals surface area contributed by atoms with Crippen LogP contribution in [-0.4, -0.2) is 23.3 Å². The lowest BCUT2D eigenvalue weighted by atomic mass is 10.0. The number of hydrogen-bond donors (Lipinski definition) is 0. The molecule has 0 spiro atoms. The summed E-state index contributed by atoms with van der Waals surface area (Å²) in [7, 11) is 0. The van der Waals surface area contributed by atoms with E-state index in [2.05, 4.69) is 36.9 Å². The van der Waals surface area contributed by atoms with Crippen molar-refractivity contribution in [3.63, 3.8) is 0 Å². The third-order valence-corrected chi connectivity index (χ3v) is 3.98. The van der Waals surface area contributed by atoms with Gasteiger partial charge >= 0.3 is 0 Å². The van der Waals surface area contributed by atoms with Crippen molar-refractivity contribution in [2.45, 2.75) is 52.6 Å². The fourth-order valence-corrected chi connectivity index (χ4v) is 2.80. The van der Waals surface area contributed by atoms with Gasteiger partial charge in [0.25, 0.3) is 0 Å². The number of hydrogen-bond acceptors (Lipinski definition) is 2. The van der Waals surface area contributed by atoms with E-state index >= 15 is 0 Å². The van der Waals surface area contributed by atoms with Gasteiger partial charge in [-0.1, -0.05) is 18.2 Å². The van der Waals surface area contributed by atoms with Crippen molar-refractivity contribution in [3.8, 4) is 0 Å². The van der Waals surface area contributed by atoms with Crippen molar-refractivity contribution < 1.29 is 4.79 Å². The molecular weight excluding hydrogens is 222 g/mol. The van der Waals surface area contributed by atoms with Gasteiger partial charge in [-0.3, -0.25) is 9.69 Å². The van der Waals surface area contributed by atoms with Gasteiger partial charge in [-0.25, -0.2) is 0 Å². The van der Waals surface area contributed by atoms with Crippen LogP contribution in [0.5, 0.6) is 0 Å². The van der Waals surface area contributed by atoms with Gasteiger partial charge in [0.15, 0.2) is 0 Å². The van der Waals surface area contributed by atoms with Crippen LogP contribution in [0.1, 0.15) is 42.9 Å². The molecule has 0 N–H and O–H groups in total. The molecule has 1 aliphatic rings. The van der Waals surface area contributed by atoms with E-state index in [9.17, 15) is 4.79 Å². The molecule has 2 nitrogen and oxygen atoms in total. The van der Waals surface area contributed by atoms with E-state index in [4.69, 9.17) is 0 Å². The predicted molar refractivity (Wildman–Crippen MR) is 74.6 cm³/mol. The number of carbonyl (C=O) groups is 1. The maximum Gasteiger partial charge on any atom is 0.131 e. The molecule has 18 heavy (non-hydrogen) atoms. The fourth-order valence-electron chi connectivity index (χ4n) is 2.80. The monoisotopic (exact) mass is 245 g/mol. The highest BCUT2D eigenvalue weighted by molar-refractivity contribution is 5.76. The summed E-state index contributed by atoms with van der Waals surface area (Å²) in [5.74, 6) is 0.312. The Kier molecular flexibility index (Phi) is 4.18. The summed E-state index contributed by atoms with van der Waals surface area (Å²) in [4.78, 5) is 13.7. The normalized spacial score (nSPS) is 20.3. The Labute approximate surface area is 110 Å². The van der Waals surface area contributed by atoms with Crippen LogP contribution in [0.4, 0.5) is 0 Å². The fraction of sp³-hybridized carbons (Fsp3) is 0.562. The molecule has 1 fully saturated rings. The van der Waals surface area contributed by atoms with Gasteiger partial charge in [0.2, 0.25) is 0 Å². The summed E-state index contributed by atoms with van der Waals surface area (Å²) in [5, 5.41) is 0. The lowest BCUT2D eigenvalue weighted by molar-refractivity contribution is -0.118. The SMILES string of the molecule is CC(=O)CC1CCCN1Cc1ccc(C)c(C)c1. The standard InChI is InChI=1S/C16H23NO/c1-12-6-7-15(9-13(12)2)11-17-8-4-5-16(17)10-14(3)18/h6-7,9,16H,4-5,8,10-11H2,1-3H3. The molecule has 2 heteroatoms. The highest BCUT2D eigenvalue weighted by Gasteiger charge is 2.25. The number of nitrogens with zero attached hydrogens (tertiary/aromatic N) is 1. The van der Waals surface area contributed by atoms with E-state index in [0.717, 1.165) is 13.1 Å². The molecule has 0 saturated carbocycles. The van der Waals surface area contributed by atoms with E-state index in [1.54, 1.807) is 6.92 Å². The maximum atomic E-state index is 11.3. The molecular formula is C16H23NO. The first-order chi connectivity index (χ1) is 8.56. The number of rotatable bonds is 4. The minimum absolute atomic E-state index is 0.312. The number of benzene rings is 1. The van der Waals surface area contributed by atoms with Crippen LogP contribution in [0, 0.1) is 13.8 Å². The van der Waals surface area contributed by atoms with E-state index in [0.29, 0.717) is 18.2 Å². The summed E-state index contributed by atoms with van der Waals surface area (Å²) in [6.07, 6.45) is 3.11. The quantitative estimate of drug-likeness (QED) is 0.811. The van der Waals surface area contributed by atoms with Crippen LogP contribution in [0.15, 0.2) is 18.2 Å². The second-order valence-corrected chi connectivity index (χ2v) is 5.59. The second-order valence-electron chi connectivity index (χ2n) is 5.59. The van der Waals surface area contributed by atoms with E-state index < -0.39 is 0 Å². The number of carbonyl (C=O) groups excluding carboxylic acids is 1. The molecule has 1 aromatic carbocycles. The maximum absolute atomic E-state index is 11.3. The summed E-state index contributed by atoms with van der Waals surface area (Å²) in [5.41, 5.74) is 4.07. The third-order valence-electron chi connectivity index (χ3n) is 3.98. The van der Waals surface area contributed by atoms with E-state index in [1.165, 1.54) is 29.5 Å². The van der Waals surface area contributed by atoms with Gasteiger partial charge in [-0.15, -0.1) is 0 Å². The molecule has 98 valence electrons. The van der Waals surface area contributed by atoms with Crippen molar-refractivity contribution in [1.29, 1.82) is 0 Å². The Bertz CT molecular complexity index is 439. The topological polar surface area (TPSA) is 20.3 Å². The van der Waals surface area contributed by atoms with Crippen LogP contribution in [-0.2, 0) is 11.3 Å². The second kappa shape index (κ2) is 5.66. The van der Waals surface area contributed by atoms with Gasteiger partial charge < -0.3 is 0 Å². The van der Waals surface area contributed by atoms with Crippen LogP contribution < -0.4 is 0 Å². The Hall–Kier alpha value is -1.15. The molecule has 0 aliphatic carbocycles. The average molecular weight is 245 g/mol. The van der Waals surface area contributed by atoms with Gasteiger partial charge in [0.1, 0.15) is 5.78 Å². The van der Waals surface area contributed by atoms with E-state index in [1.807, 2.05) is 0 Å². The molecule has 2 rings (SSSR count). The summed E-state index contributed by atoms with van der Waals surface area (Å²) >= 11 is 0.